The summed E-state index contributed by atoms with van der Waals surface area (Å²) in [6.07, 6.45) is 8.12. The number of benzene rings is 2. The molecule has 0 aliphatic carbocycles. The van der Waals surface area contributed by atoms with E-state index in [-0.39, 0.29) is 18.8 Å². The maximum absolute atomic E-state index is 15.2. The highest BCUT2D eigenvalue weighted by molar-refractivity contribution is 6.65. The predicted octanol–water partition coefficient (Wildman–Crippen LogP) is 4.34. The Kier molecular flexibility index (Phi) is 9.60. The summed E-state index contributed by atoms with van der Waals surface area (Å²) in [6.45, 7) is 9.78. The summed E-state index contributed by atoms with van der Waals surface area (Å²) in [7, 11) is 1.99. The van der Waals surface area contributed by atoms with E-state index in [1.807, 2.05) is 27.7 Å². The van der Waals surface area contributed by atoms with Gasteiger partial charge in [-0.3, -0.25) is 4.79 Å². The summed E-state index contributed by atoms with van der Waals surface area (Å²) in [4.78, 5) is 12.0. The molecule has 0 bridgehead atoms. The number of carbonyl (C=O) groups is 1. The van der Waals surface area contributed by atoms with E-state index in [0.717, 1.165) is 13.2 Å². The van der Waals surface area contributed by atoms with E-state index in [0.29, 0.717) is 22.0 Å². The van der Waals surface area contributed by atoms with Gasteiger partial charge in [0.1, 0.15) is 11.6 Å². The van der Waals surface area contributed by atoms with E-state index in [1.165, 1.54) is 33.1 Å². The van der Waals surface area contributed by atoms with E-state index in [9.17, 15) is 4.79 Å². The Labute approximate surface area is 219 Å². The van der Waals surface area contributed by atoms with Gasteiger partial charge in [0.15, 0.2) is 6.79 Å². The highest BCUT2D eigenvalue weighted by Gasteiger charge is 2.52. The van der Waals surface area contributed by atoms with Gasteiger partial charge in [0.25, 0.3) is 0 Å². The minimum atomic E-state index is -0.835. The summed E-state index contributed by atoms with van der Waals surface area (Å²) >= 11 is 0. The largest absolute Gasteiger partial charge is 0.495 e. The fourth-order valence-electron chi connectivity index (χ4n) is 4.19. The molecule has 2 fully saturated rings. The second-order valence-electron chi connectivity index (χ2n) is 10.0. The van der Waals surface area contributed by atoms with Crippen LogP contribution in [0.4, 0.5) is 4.39 Å². The first-order valence-electron chi connectivity index (χ1n) is 12.4. The van der Waals surface area contributed by atoms with Crippen LogP contribution in [0.3, 0.4) is 0 Å². The van der Waals surface area contributed by atoms with Crippen LogP contribution in [-0.2, 0) is 28.3 Å². The number of hydrogen-bond acceptors (Lipinski definition) is 7. The fraction of sp³-hybridized carbons (Fsp3) is 0.536. The van der Waals surface area contributed by atoms with Gasteiger partial charge in [0.2, 0.25) is 0 Å². The number of ether oxygens (including phenoxy) is 4. The van der Waals surface area contributed by atoms with Gasteiger partial charge in [-0.25, -0.2) is 4.39 Å². The molecule has 0 radical (unpaired) electrons. The van der Waals surface area contributed by atoms with Crippen molar-refractivity contribution in [2.75, 3.05) is 34.2 Å². The molecule has 2 aliphatic heterocycles. The molecule has 2 heterocycles. The zero-order valence-corrected chi connectivity index (χ0v) is 22.5. The van der Waals surface area contributed by atoms with Crippen LogP contribution >= 0.6 is 0 Å². The zero-order valence-electron chi connectivity index (χ0n) is 22.5. The molecule has 1 atom stereocenters. The number of esters is 1. The minimum Gasteiger partial charge on any atom is -0.469 e. The maximum atomic E-state index is 15.2. The first kappa shape index (κ1) is 28.9. The van der Waals surface area contributed by atoms with Gasteiger partial charge in [-0.05, 0) is 75.0 Å². The third-order valence-electron chi connectivity index (χ3n) is 6.93. The molecule has 200 valence electrons. The molecule has 0 N–H and O–H groups in total. The van der Waals surface area contributed by atoms with Crippen LogP contribution in [0.1, 0.15) is 58.4 Å². The van der Waals surface area contributed by atoms with E-state index >= 15 is 4.39 Å². The molecule has 7 nitrogen and oxygen atoms in total. The summed E-state index contributed by atoms with van der Waals surface area (Å²) in [5, 5.41) is 1.20. The molecule has 0 aromatic heterocycles. The maximum Gasteiger partial charge on any atom is 0.495 e. The molecule has 0 spiro atoms. The number of carbonyl (C=O) groups excluding carboxylic acids is 1. The Morgan fingerprint density at radius 2 is 1.78 bits per heavy atom. The lowest BCUT2D eigenvalue weighted by Crippen LogP contribution is -2.41. The van der Waals surface area contributed by atoms with Crippen LogP contribution in [0.2, 0.25) is 0 Å². The highest BCUT2D eigenvalue weighted by Crippen LogP contribution is 2.39. The molecule has 0 amide bonds. The van der Waals surface area contributed by atoms with Gasteiger partial charge in [-0.1, -0.05) is 12.0 Å². The average Bonchev–Trinajstić information content (AvgIpc) is 3.51. The summed E-state index contributed by atoms with van der Waals surface area (Å²) in [5.41, 5.74) is -0.443. The third kappa shape index (κ3) is 6.63. The second-order valence-corrected chi connectivity index (χ2v) is 10.0. The fourth-order valence-corrected chi connectivity index (χ4v) is 4.19. The molecule has 0 saturated carbocycles. The lowest BCUT2D eigenvalue weighted by atomic mass is 9.73. The van der Waals surface area contributed by atoms with Crippen molar-refractivity contribution < 1.29 is 37.4 Å². The van der Waals surface area contributed by atoms with Crippen molar-refractivity contribution in [1.29, 1.82) is 0 Å². The zero-order chi connectivity index (χ0) is 27.2. The van der Waals surface area contributed by atoms with Gasteiger partial charge in [-0.15, -0.1) is 6.42 Å². The van der Waals surface area contributed by atoms with E-state index in [1.54, 1.807) is 18.2 Å². The Morgan fingerprint density at radius 1 is 1.14 bits per heavy atom. The van der Waals surface area contributed by atoms with Gasteiger partial charge in [0.05, 0.1) is 30.7 Å². The molecule has 9 heteroatoms. The molecule has 2 aromatic carbocycles. The number of terminal acetylenes is 1. The third-order valence-corrected chi connectivity index (χ3v) is 6.93. The lowest BCUT2D eigenvalue weighted by molar-refractivity contribution is -0.140. The molecular formula is C28H36BFO7. The van der Waals surface area contributed by atoms with Crippen LogP contribution in [0, 0.1) is 18.2 Å². The van der Waals surface area contributed by atoms with Crippen LogP contribution in [0.5, 0.6) is 5.75 Å². The average molecular weight is 514 g/mol. The molecular weight excluding hydrogens is 478 g/mol. The summed E-state index contributed by atoms with van der Waals surface area (Å²) in [6, 6.07) is 6.46. The van der Waals surface area contributed by atoms with Gasteiger partial charge in [-0.2, -0.15) is 0 Å². The predicted molar refractivity (Wildman–Crippen MR) is 140 cm³/mol. The monoisotopic (exact) mass is 514 g/mol. The van der Waals surface area contributed by atoms with Crippen molar-refractivity contribution >= 4 is 29.3 Å². The first-order chi connectivity index (χ1) is 17.5. The molecule has 2 aliphatic rings. The van der Waals surface area contributed by atoms with E-state index < -0.39 is 36.0 Å². The Hall–Kier alpha value is -2.64. The number of hydrogen-bond donors (Lipinski definition) is 0. The van der Waals surface area contributed by atoms with Crippen molar-refractivity contribution in [3.05, 3.63) is 35.6 Å². The van der Waals surface area contributed by atoms with Crippen molar-refractivity contribution in [2.45, 2.75) is 64.1 Å². The summed E-state index contributed by atoms with van der Waals surface area (Å²) < 4.78 is 48.1. The number of fused-ring (bicyclic) bond motifs is 1. The van der Waals surface area contributed by atoms with E-state index in [4.69, 9.17) is 34.7 Å². The molecule has 2 saturated heterocycles. The molecule has 1 unspecified atom stereocenters. The molecule has 4 rings (SSSR count). The van der Waals surface area contributed by atoms with Crippen LogP contribution in [0.25, 0.3) is 10.8 Å². The highest BCUT2D eigenvalue weighted by atomic mass is 19.1. The first-order valence-corrected chi connectivity index (χ1v) is 12.4. The normalized spacial score (nSPS) is 18.6. The Morgan fingerprint density at radius 3 is 2.30 bits per heavy atom. The molecule has 37 heavy (non-hydrogen) atoms. The SMILES string of the molecule is C#CC(CC(=O)OC)c1c(F)ccc2cc(OCOC)cc(B3OC(C)(C)C(C)(C)O3)c12.C1CCOC1. The minimum absolute atomic E-state index is 0.0394. The van der Waals surface area contributed by atoms with Crippen LogP contribution in [0.15, 0.2) is 24.3 Å². The second kappa shape index (κ2) is 12.3. The van der Waals surface area contributed by atoms with Crippen LogP contribution in [-0.4, -0.2) is 58.5 Å². The Bertz CT molecular complexity index is 1110. The molecule has 2 aromatic rings. The van der Waals surface area contributed by atoms with E-state index in [2.05, 4.69) is 5.92 Å². The van der Waals surface area contributed by atoms with Gasteiger partial charge < -0.3 is 28.3 Å². The van der Waals surface area contributed by atoms with Crippen molar-refractivity contribution in [2.24, 2.45) is 0 Å². The number of rotatable bonds is 7. The van der Waals surface area contributed by atoms with Gasteiger partial charge in [0, 0.05) is 25.9 Å². The Balaban J connectivity index is 0.000000678. The number of methoxy groups -OCH3 is 2. The number of halogens is 1. The summed E-state index contributed by atoms with van der Waals surface area (Å²) in [5.74, 6) is 1.17. The van der Waals surface area contributed by atoms with Crippen molar-refractivity contribution in [1.82, 2.24) is 0 Å². The van der Waals surface area contributed by atoms with Crippen molar-refractivity contribution in [3.63, 3.8) is 0 Å². The standard InChI is InChI=1S/C24H28BFO6.C4H8O/c1-8-15(12-20(27)29-7)22-19(26)10-9-16-11-17(30-14-28-6)13-18(21(16)22)25-31-23(2,3)24(4,5)32-25;1-2-4-5-3-1/h1,9-11,13,15H,12,14H2,2-7H3;1-4H2. The van der Waals surface area contributed by atoms with Crippen LogP contribution < -0.4 is 10.2 Å². The quantitative estimate of drug-likeness (QED) is 0.236. The van der Waals surface area contributed by atoms with Crippen molar-refractivity contribution in [3.8, 4) is 18.1 Å². The smallest absolute Gasteiger partial charge is 0.469 e. The topological polar surface area (TPSA) is 72.5 Å². The lowest BCUT2D eigenvalue weighted by Gasteiger charge is -2.32. The van der Waals surface area contributed by atoms with Gasteiger partial charge >= 0.3 is 13.1 Å².